The molecule has 0 aliphatic carbocycles. The highest BCUT2D eigenvalue weighted by atomic mass is 16.5. The average Bonchev–Trinajstić information content (AvgIpc) is 2.89. The van der Waals surface area contributed by atoms with Gasteiger partial charge in [-0.25, -0.2) is 4.99 Å². The molecule has 0 saturated carbocycles. The number of guanidine groups is 1. The van der Waals surface area contributed by atoms with Gasteiger partial charge in [0.05, 0.1) is 0 Å². The lowest BCUT2D eigenvalue weighted by molar-refractivity contribution is 0.387. The summed E-state index contributed by atoms with van der Waals surface area (Å²) in [5.41, 5.74) is 0. The zero-order valence-electron chi connectivity index (χ0n) is 14.5. The molecule has 6 heteroatoms. The Labute approximate surface area is 134 Å². The van der Waals surface area contributed by atoms with Gasteiger partial charge in [-0.3, -0.25) is 0 Å². The second-order valence-corrected chi connectivity index (χ2v) is 5.95. The van der Waals surface area contributed by atoms with Crippen LogP contribution in [0.15, 0.2) is 9.52 Å². The smallest absolute Gasteiger partial charge is 0.223 e. The van der Waals surface area contributed by atoms with Gasteiger partial charge in [-0.1, -0.05) is 44.7 Å². The molecular formula is C16H31N5O. The molecule has 2 N–H and O–H groups in total. The molecule has 0 amide bonds. The van der Waals surface area contributed by atoms with E-state index in [9.17, 15) is 0 Å². The van der Waals surface area contributed by atoms with Crippen LogP contribution >= 0.6 is 0 Å². The Balaban J connectivity index is 2.20. The van der Waals surface area contributed by atoms with Crippen LogP contribution in [0.5, 0.6) is 0 Å². The predicted molar refractivity (Wildman–Crippen MR) is 89.8 cm³/mol. The normalized spacial score (nSPS) is 12.0. The molecule has 0 aromatic carbocycles. The van der Waals surface area contributed by atoms with Crippen LogP contribution in [0.1, 0.15) is 64.6 Å². The van der Waals surface area contributed by atoms with Gasteiger partial charge >= 0.3 is 0 Å². The Morgan fingerprint density at radius 3 is 2.59 bits per heavy atom. The molecule has 0 spiro atoms. The van der Waals surface area contributed by atoms with Crippen molar-refractivity contribution in [3.05, 3.63) is 11.7 Å². The first-order valence-electron chi connectivity index (χ1n) is 8.43. The molecule has 1 aromatic heterocycles. The molecule has 1 rings (SSSR count). The van der Waals surface area contributed by atoms with E-state index >= 15 is 0 Å². The summed E-state index contributed by atoms with van der Waals surface area (Å²) in [7, 11) is 0. The van der Waals surface area contributed by atoms with E-state index in [0.29, 0.717) is 18.3 Å². The lowest BCUT2D eigenvalue weighted by atomic mass is 10.0. The van der Waals surface area contributed by atoms with Crippen molar-refractivity contribution in [2.45, 2.75) is 66.3 Å². The number of nitrogens with zero attached hydrogens (tertiary/aromatic N) is 3. The Morgan fingerprint density at radius 2 is 1.95 bits per heavy atom. The molecule has 0 radical (unpaired) electrons. The minimum absolute atomic E-state index is 0.432. The van der Waals surface area contributed by atoms with Gasteiger partial charge in [-0.05, 0) is 19.3 Å². The van der Waals surface area contributed by atoms with E-state index in [1.165, 1.54) is 32.1 Å². The Kier molecular flexibility index (Phi) is 9.26. The van der Waals surface area contributed by atoms with Crippen molar-refractivity contribution < 1.29 is 4.52 Å². The first-order valence-corrected chi connectivity index (χ1v) is 8.43. The third-order valence-corrected chi connectivity index (χ3v) is 3.29. The fourth-order valence-corrected chi connectivity index (χ4v) is 2.13. The van der Waals surface area contributed by atoms with Crippen molar-refractivity contribution in [3.8, 4) is 0 Å². The number of hydrogen-bond acceptors (Lipinski definition) is 4. The van der Waals surface area contributed by atoms with Crippen LogP contribution in [0.25, 0.3) is 0 Å². The summed E-state index contributed by atoms with van der Waals surface area (Å²) in [6.07, 6.45) is 6.42. The van der Waals surface area contributed by atoms with Crippen LogP contribution in [-0.4, -0.2) is 29.2 Å². The molecule has 1 aromatic rings. The van der Waals surface area contributed by atoms with Crippen molar-refractivity contribution in [2.75, 3.05) is 13.1 Å². The predicted octanol–water partition coefficient (Wildman–Crippen LogP) is 3.04. The van der Waals surface area contributed by atoms with Gasteiger partial charge in [0.15, 0.2) is 11.8 Å². The summed E-state index contributed by atoms with van der Waals surface area (Å²) in [6.45, 7) is 10.6. The minimum atomic E-state index is 0.432. The zero-order valence-corrected chi connectivity index (χ0v) is 14.5. The number of aryl methyl sites for hydroxylation is 1. The highest BCUT2D eigenvalue weighted by Gasteiger charge is 2.02. The number of aliphatic imine (C=N–C) groups is 1. The summed E-state index contributed by atoms with van der Waals surface area (Å²) in [4.78, 5) is 8.61. The molecule has 0 fully saturated rings. The molecular weight excluding hydrogens is 278 g/mol. The highest BCUT2D eigenvalue weighted by Crippen LogP contribution is 2.08. The quantitative estimate of drug-likeness (QED) is 0.395. The van der Waals surface area contributed by atoms with Crippen LogP contribution < -0.4 is 10.6 Å². The van der Waals surface area contributed by atoms with E-state index in [0.717, 1.165) is 25.0 Å². The lowest BCUT2D eigenvalue weighted by Crippen LogP contribution is -2.37. The SMILES string of the molecule is CCNC(=NCc1noc(C)n1)NCCCCCCC(C)C. The Hall–Kier alpha value is -1.59. The minimum Gasteiger partial charge on any atom is -0.357 e. The Morgan fingerprint density at radius 1 is 1.18 bits per heavy atom. The molecule has 1 heterocycles. The molecule has 6 nitrogen and oxygen atoms in total. The van der Waals surface area contributed by atoms with E-state index in [2.05, 4.69) is 46.5 Å². The second kappa shape index (κ2) is 11.0. The molecule has 0 bridgehead atoms. The number of rotatable bonds is 10. The summed E-state index contributed by atoms with van der Waals surface area (Å²) in [5, 5.41) is 10.4. The van der Waals surface area contributed by atoms with E-state index in [1.54, 1.807) is 6.92 Å². The maximum absolute atomic E-state index is 4.94. The van der Waals surface area contributed by atoms with Gasteiger partial charge in [-0.2, -0.15) is 4.98 Å². The van der Waals surface area contributed by atoms with Gasteiger partial charge in [-0.15, -0.1) is 0 Å². The molecule has 0 unspecified atom stereocenters. The van der Waals surface area contributed by atoms with E-state index in [-0.39, 0.29) is 0 Å². The van der Waals surface area contributed by atoms with Crippen molar-refractivity contribution in [1.29, 1.82) is 0 Å². The highest BCUT2D eigenvalue weighted by molar-refractivity contribution is 5.79. The summed E-state index contributed by atoms with van der Waals surface area (Å²) in [6, 6.07) is 0. The van der Waals surface area contributed by atoms with Crippen molar-refractivity contribution >= 4 is 5.96 Å². The number of nitrogens with one attached hydrogen (secondary N) is 2. The standard InChI is InChI=1S/C16H31N5O/c1-5-17-16(19-12-15-20-14(4)22-21-15)18-11-9-7-6-8-10-13(2)3/h13H,5-12H2,1-4H3,(H2,17,18,19). The average molecular weight is 309 g/mol. The van der Waals surface area contributed by atoms with E-state index < -0.39 is 0 Å². The monoisotopic (exact) mass is 309 g/mol. The first-order chi connectivity index (χ1) is 10.6. The first kappa shape index (κ1) is 18.5. The molecule has 126 valence electrons. The molecule has 0 saturated heterocycles. The van der Waals surface area contributed by atoms with Gasteiger partial charge in [0.2, 0.25) is 5.89 Å². The molecule has 0 atom stereocenters. The van der Waals surface area contributed by atoms with Crippen molar-refractivity contribution in [1.82, 2.24) is 20.8 Å². The van der Waals surface area contributed by atoms with Crippen LogP contribution in [0, 0.1) is 12.8 Å². The maximum atomic E-state index is 4.94. The largest absolute Gasteiger partial charge is 0.357 e. The third kappa shape index (κ3) is 8.64. The van der Waals surface area contributed by atoms with E-state index in [4.69, 9.17) is 4.52 Å². The molecule has 0 aliphatic heterocycles. The summed E-state index contributed by atoms with van der Waals surface area (Å²) >= 11 is 0. The van der Waals surface area contributed by atoms with Crippen molar-refractivity contribution in [3.63, 3.8) is 0 Å². The van der Waals surface area contributed by atoms with Gasteiger partial charge in [0.25, 0.3) is 0 Å². The number of hydrogen-bond donors (Lipinski definition) is 2. The number of unbranched alkanes of at least 4 members (excludes halogenated alkanes) is 3. The Bertz CT molecular complexity index is 428. The fraction of sp³-hybridized carbons (Fsp3) is 0.812. The van der Waals surface area contributed by atoms with Gasteiger partial charge < -0.3 is 15.2 Å². The van der Waals surface area contributed by atoms with Crippen LogP contribution in [0.2, 0.25) is 0 Å². The summed E-state index contributed by atoms with van der Waals surface area (Å²) in [5.74, 6) is 2.82. The van der Waals surface area contributed by atoms with Crippen LogP contribution in [-0.2, 0) is 6.54 Å². The maximum Gasteiger partial charge on any atom is 0.223 e. The third-order valence-electron chi connectivity index (χ3n) is 3.29. The summed E-state index contributed by atoms with van der Waals surface area (Å²) < 4.78 is 4.94. The van der Waals surface area contributed by atoms with Gasteiger partial charge in [0.1, 0.15) is 6.54 Å². The molecule has 0 aliphatic rings. The second-order valence-electron chi connectivity index (χ2n) is 5.95. The van der Waals surface area contributed by atoms with Crippen LogP contribution in [0.4, 0.5) is 0 Å². The molecule has 22 heavy (non-hydrogen) atoms. The van der Waals surface area contributed by atoms with E-state index in [1.807, 2.05) is 0 Å². The zero-order chi connectivity index (χ0) is 16.2. The van der Waals surface area contributed by atoms with Crippen LogP contribution in [0.3, 0.4) is 0 Å². The number of aromatic nitrogens is 2. The van der Waals surface area contributed by atoms with Gasteiger partial charge in [0, 0.05) is 20.0 Å². The van der Waals surface area contributed by atoms with Crippen molar-refractivity contribution in [2.24, 2.45) is 10.9 Å². The topological polar surface area (TPSA) is 75.3 Å². The fourth-order valence-electron chi connectivity index (χ4n) is 2.13. The lowest BCUT2D eigenvalue weighted by Gasteiger charge is -2.10.